The van der Waals surface area contributed by atoms with Crippen molar-refractivity contribution in [2.75, 3.05) is 17.2 Å². The second kappa shape index (κ2) is 10.6. The molecular formula is C24H29N3O4. The molecule has 2 aromatic rings. The highest BCUT2D eigenvalue weighted by Crippen LogP contribution is 2.28. The number of carbonyl (C=O) groups is 3. The molecule has 1 unspecified atom stereocenters. The molecular weight excluding hydrogens is 394 g/mol. The first-order chi connectivity index (χ1) is 15.0. The molecule has 0 bridgehead atoms. The van der Waals surface area contributed by atoms with Crippen LogP contribution in [0.15, 0.2) is 48.5 Å². The summed E-state index contributed by atoms with van der Waals surface area (Å²) in [5.41, 5.74) is 1.72. The van der Waals surface area contributed by atoms with Gasteiger partial charge in [0.05, 0.1) is 6.61 Å². The van der Waals surface area contributed by atoms with E-state index in [1.165, 1.54) is 6.92 Å². The van der Waals surface area contributed by atoms with Crippen molar-refractivity contribution in [3.63, 3.8) is 0 Å². The summed E-state index contributed by atoms with van der Waals surface area (Å²) >= 11 is 0. The third-order valence-electron chi connectivity index (χ3n) is 5.35. The lowest BCUT2D eigenvalue weighted by molar-refractivity contribution is -0.126. The van der Waals surface area contributed by atoms with Gasteiger partial charge < -0.3 is 20.7 Å². The Balaban J connectivity index is 1.60. The van der Waals surface area contributed by atoms with Crippen LogP contribution in [0.4, 0.5) is 11.4 Å². The Bertz CT molecular complexity index is 903. The fourth-order valence-electron chi connectivity index (χ4n) is 3.84. The Hall–Kier alpha value is -3.35. The van der Waals surface area contributed by atoms with Crippen LogP contribution in [-0.4, -0.2) is 30.4 Å². The number of amides is 3. The molecule has 0 spiro atoms. The quantitative estimate of drug-likeness (QED) is 0.599. The van der Waals surface area contributed by atoms with Crippen LogP contribution < -0.4 is 20.7 Å². The summed E-state index contributed by atoms with van der Waals surface area (Å²) < 4.78 is 5.40. The van der Waals surface area contributed by atoms with Crippen LogP contribution in [0.1, 0.15) is 49.9 Å². The van der Waals surface area contributed by atoms with Crippen LogP contribution in [-0.2, 0) is 9.59 Å². The number of hydrogen-bond acceptors (Lipinski definition) is 4. The molecule has 1 aliphatic rings. The molecule has 1 aliphatic carbocycles. The molecule has 164 valence electrons. The minimum absolute atomic E-state index is 0.156. The molecule has 7 heteroatoms. The molecule has 2 aromatic carbocycles. The number of anilines is 2. The Kier molecular flexibility index (Phi) is 7.65. The van der Waals surface area contributed by atoms with E-state index in [0.29, 0.717) is 23.5 Å². The summed E-state index contributed by atoms with van der Waals surface area (Å²) in [6.45, 7) is 3.92. The number of ether oxygens (including phenoxy) is 1. The van der Waals surface area contributed by atoms with Gasteiger partial charge in [-0.3, -0.25) is 14.4 Å². The molecule has 1 fully saturated rings. The molecule has 0 radical (unpaired) electrons. The van der Waals surface area contributed by atoms with Crippen LogP contribution in [0, 0.1) is 5.92 Å². The second-order valence-electron chi connectivity index (χ2n) is 7.70. The first kappa shape index (κ1) is 22.3. The molecule has 0 heterocycles. The SMILES string of the molecule is CCOc1ccc(NC(=O)c2ccc(NC(=O)C(NC(C)=O)C3CCCC3)cc2)cc1. The first-order valence-electron chi connectivity index (χ1n) is 10.7. The van der Waals surface area contributed by atoms with Gasteiger partial charge in [-0.25, -0.2) is 0 Å². The topological polar surface area (TPSA) is 96.5 Å². The van der Waals surface area contributed by atoms with Crippen molar-refractivity contribution in [3.8, 4) is 5.75 Å². The van der Waals surface area contributed by atoms with E-state index in [2.05, 4.69) is 16.0 Å². The third-order valence-corrected chi connectivity index (χ3v) is 5.35. The van der Waals surface area contributed by atoms with Crippen molar-refractivity contribution in [1.82, 2.24) is 5.32 Å². The largest absolute Gasteiger partial charge is 0.494 e. The zero-order valence-corrected chi connectivity index (χ0v) is 17.9. The average Bonchev–Trinajstić information content (AvgIpc) is 3.28. The van der Waals surface area contributed by atoms with Gasteiger partial charge in [0, 0.05) is 23.9 Å². The van der Waals surface area contributed by atoms with Gasteiger partial charge in [-0.15, -0.1) is 0 Å². The van der Waals surface area contributed by atoms with E-state index in [-0.39, 0.29) is 23.6 Å². The van der Waals surface area contributed by atoms with Crippen LogP contribution in [0.2, 0.25) is 0 Å². The maximum Gasteiger partial charge on any atom is 0.255 e. The van der Waals surface area contributed by atoms with Crippen LogP contribution in [0.25, 0.3) is 0 Å². The van der Waals surface area contributed by atoms with Gasteiger partial charge in [-0.2, -0.15) is 0 Å². The molecule has 0 aliphatic heterocycles. The van der Waals surface area contributed by atoms with E-state index in [9.17, 15) is 14.4 Å². The first-order valence-corrected chi connectivity index (χ1v) is 10.7. The summed E-state index contributed by atoms with van der Waals surface area (Å²) in [5, 5.41) is 8.48. The summed E-state index contributed by atoms with van der Waals surface area (Å²) in [6.07, 6.45) is 4.02. The van der Waals surface area contributed by atoms with E-state index in [1.807, 2.05) is 6.92 Å². The molecule has 31 heavy (non-hydrogen) atoms. The van der Waals surface area contributed by atoms with Crippen molar-refractivity contribution < 1.29 is 19.1 Å². The minimum Gasteiger partial charge on any atom is -0.494 e. The van der Waals surface area contributed by atoms with Crippen molar-refractivity contribution in [2.45, 2.75) is 45.6 Å². The van der Waals surface area contributed by atoms with E-state index in [0.717, 1.165) is 31.4 Å². The van der Waals surface area contributed by atoms with Crippen molar-refractivity contribution in [1.29, 1.82) is 0 Å². The molecule has 0 saturated heterocycles. The smallest absolute Gasteiger partial charge is 0.255 e. The second-order valence-corrected chi connectivity index (χ2v) is 7.70. The highest BCUT2D eigenvalue weighted by molar-refractivity contribution is 6.05. The minimum atomic E-state index is -0.539. The highest BCUT2D eigenvalue weighted by atomic mass is 16.5. The Morgan fingerprint density at radius 3 is 2.10 bits per heavy atom. The lowest BCUT2D eigenvalue weighted by atomic mass is 9.97. The van der Waals surface area contributed by atoms with Gasteiger partial charge >= 0.3 is 0 Å². The van der Waals surface area contributed by atoms with E-state index in [1.54, 1.807) is 48.5 Å². The van der Waals surface area contributed by atoms with E-state index < -0.39 is 6.04 Å². The fourth-order valence-corrected chi connectivity index (χ4v) is 3.84. The third kappa shape index (κ3) is 6.31. The summed E-state index contributed by atoms with van der Waals surface area (Å²) in [4.78, 5) is 36.8. The Labute approximate surface area is 182 Å². The number of benzene rings is 2. The molecule has 1 atom stereocenters. The molecule has 0 aromatic heterocycles. The predicted molar refractivity (Wildman–Crippen MR) is 120 cm³/mol. The normalized spacial score (nSPS) is 14.5. The summed E-state index contributed by atoms with van der Waals surface area (Å²) in [7, 11) is 0. The monoisotopic (exact) mass is 423 g/mol. The van der Waals surface area contributed by atoms with Gasteiger partial charge in [-0.05, 0) is 74.2 Å². The van der Waals surface area contributed by atoms with E-state index in [4.69, 9.17) is 4.74 Å². The maximum absolute atomic E-state index is 12.8. The zero-order valence-electron chi connectivity index (χ0n) is 17.9. The predicted octanol–water partition coefficient (Wildman–Crippen LogP) is 3.97. The molecule has 1 saturated carbocycles. The number of nitrogens with one attached hydrogen (secondary N) is 3. The standard InChI is InChI=1S/C24H29N3O4/c1-3-31-21-14-12-20(13-15-21)26-23(29)18-8-10-19(11-9-18)27-24(30)22(25-16(2)28)17-6-4-5-7-17/h8-15,17,22H,3-7H2,1-2H3,(H,25,28)(H,26,29)(H,27,30). The van der Waals surface area contributed by atoms with E-state index >= 15 is 0 Å². The summed E-state index contributed by atoms with van der Waals surface area (Å²) in [5.74, 6) is 0.213. The molecule has 3 amide bonds. The highest BCUT2D eigenvalue weighted by Gasteiger charge is 2.31. The van der Waals surface area contributed by atoms with Gasteiger partial charge in [0.25, 0.3) is 5.91 Å². The van der Waals surface area contributed by atoms with Gasteiger partial charge in [-0.1, -0.05) is 12.8 Å². The maximum atomic E-state index is 12.8. The van der Waals surface area contributed by atoms with Gasteiger partial charge in [0.15, 0.2) is 0 Å². The molecule has 3 N–H and O–H groups in total. The van der Waals surface area contributed by atoms with Crippen LogP contribution in [0.3, 0.4) is 0 Å². The van der Waals surface area contributed by atoms with Crippen molar-refractivity contribution in [2.24, 2.45) is 5.92 Å². The Morgan fingerprint density at radius 1 is 0.935 bits per heavy atom. The van der Waals surface area contributed by atoms with Crippen molar-refractivity contribution in [3.05, 3.63) is 54.1 Å². The number of carbonyl (C=O) groups excluding carboxylic acids is 3. The molecule has 3 rings (SSSR count). The van der Waals surface area contributed by atoms with Gasteiger partial charge in [0.2, 0.25) is 11.8 Å². The average molecular weight is 424 g/mol. The van der Waals surface area contributed by atoms with Gasteiger partial charge in [0.1, 0.15) is 11.8 Å². The van der Waals surface area contributed by atoms with Crippen molar-refractivity contribution >= 4 is 29.1 Å². The van der Waals surface area contributed by atoms with Crippen LogP contribution >= 0.6 is 0 Å². The Morgan fingerprint density at radius 2 is 1.52 bits per heavy atom. The zero-order chi connectivity index (χ0) is 22.2. The summed E-state index contributed by atoms with van der Waals surface area (Å²) in [6, 6.07) is 13.3. The molecule has 7 nitrogen and oxygen atoms in total. The lowest BCUT2D eigenvalue weighted by Gasteiger charge is -2.23. The lowest BCUT2D eigenvalue weighted by Crippen LogP contribution is -2.47. The number of hydrogen-bond donors (Lipinski definition) is 3. The van der Waals surface area contributed by atoms with Crippen LogP contribution in [0.5, 0.6) is 5.75 Å². The fraction of sp³-hybridized carbons (Fsp3) is 0.375. The number of rotatable bonds is 8.